The molecule has 0 amide bonds. The maximum absolute atomic E-state index is 5.80. The van der Waals surface area contributed by atoms with Crippen LogP contribution in [-0.4, -0.2) is 18.8 Å². The van der Waals surface area contributed by atoms with Gasteiger partial charge < -0.3 is 9.31 Å². The third kappa shape index (κ3) is 4.23. The van der Waals surface area contributed by atoms with Crippen LogP contribution in [0.2, 0.25) is 0 Å². The molecule has 1 rings (SSSR count). The monoisotopic (exact) mass is 208 g/mol. The van der Waals surface area contributed by atoms with E-state index >= 15 is 0 Å². The first-order valence-corrected chi connectivity index (χ1v) is 5.57. The van der Waals surface area contributed by atoms with Crippen molar-refractivity contribution in [2.75, 3.05) is 0 Å². The van der Waals surface area contributed by atoms with Crippen molar-refractivity contribution in [3.05, 3.63) is 23.7 Å². The zero-order valence-electron chi connectivity index (χ0n) is 10.4. The van der Waals surface area contributed by atoms with Crippen LogP contribution >= 0.6 is 0 Å². The van der Waals surface area contributed by atoms with Crippen molar-refractivity contribution in [3.8, 4) is 0 Å². The largest absolute Gasteiger partial charge is 0.486 e. The van der Waals surface area contributed by atoms with Crippen LogP contribution in [0.4, 0.5) is 0 Å². The average molecular weight is 208 g/mol. The minimum atomic E-state index is -0.210. The molecule has 0 aliphatic carbocycles. The van der Waals surface area contributed by atoms with E-state index in [0.29, 0.717) is 0 Å². The average Bonchev–Trinajstić information content (AvgIpc) is 2.11. The Labute approximate surface area is 93.5 Å². The van der Waals surface area contributed by atoms with E-state index in [2.05, 4.69) is 33.8 Å². The highest BCUT2D eigenvalue weighted by Gasteiger charge is 2.35. The van der Waals surface area contributed by atoms with Gasteiger partial charge in [-0.15, -0.1) is 0 Å². The zero-order chi connectivity index (χ0) is 11.5. The minimum Gasteiger partial charge on any atom is -0.405 e. The molecule has 84 valence electrons. The van der Waals surface area contributed by atoms with Crippen LogP contribution < -0.4 is 0 Å². The van der Waals surface area contributed by atoms with E-state index in [1.54, 1.807) is 0 Å². The first-order valence-electron chi connectivity index (χ1n) is 5.57. The van der Waals surface area contributed by atoms with Crippen LogP contribution in [0, 0.1) is 0 Å². The molecule has 15 heavy (non-hydrogen) atoms. The van der Waals surface area contributed by atoms with Gasteiger partial charge >= 0.3 is 7.12 Å². The molecule has 0 spiro atoms. The van der Waals surface area contributed by atoms with Gasteiger partial charge in [0, 0.05) is 6.10 Å². The highest BCUT2D eigenvalue weighted by atomic mass is 16.6. The van der Waals surface area contributed by atoms with Gasteiger partial charge in [-0.3, -0.25) is 0 Å². The zero-order valence-corrected chi connectivity index (χ0v) is 10.4. The van der Waals surface area contributed by atoms with Crippen molar-refractivity contribution in [1.29, 1.82) is 0 Å². The van der Waals surface area contributed by atoms with E-state index < -0.39 is 0 Å². The summed E-state index contributed by atoms with van der Waals surface area (Å²) in [6, 6.07) is 0. The lowest BCUT2D eigenvalue weighted by atomic mass is 9.82. The van der Waals surface area contributed by atoms with Crippen LogP contribution in [0.25, 0.3) is 0 Å². The molecule has 1 aliphatic heterocycles. The van der Waals surface area contributed by atoms with E-state index in [0.717, 1.165) is 6.42 Å². The lowest BCUT2D eigenvalue weighted by Gasteiger charge is -2.37. The Morgan fingerprint density at radius 1 is 1.47 bits per heavy atom. The Hall–Kier alpha value is -0.535. The van der Waals surface area contributed by atoms with Crippen LogP contribution in [0.15, 0.2) is 23.7 Å². The molecule has 1 aliphatic rings. The quantitative estimate of drug-likeness (QED) is 0.512. The predicted octanol–water partition coefficient (Wildman–Crippen LogP) is 3.14. The number of rotatable bonds is 2. The molecular formula is C12H21BO2. The highest BCUT2D eigenvalue weighted by molar-refractivity contribution is 6.51. The van der Waals surface area contributed by atoms with Gasteiger partial charge in [-0.2, -0.15) is 0 Å². The van der Waals surface area contributed by atoms with Crippen molar-refractivity contribution in [1.82, 2.24) is 0 Å². The summed E-state index contributed by atoms with van der Waals surface area (Å²) in [5, 5.41) is 0. The first kappa shape index (κ1) is 12.5. The third-order valence-corrected chi connectivity index (χ3v) is 2.55. The fraction of sp³-hybridized carbons (Fsp3) is 0.667. The van der Waals surface area contributed by atoms with E-state index in [1.165, 1.54) is 5.57 Å². The van der Waals surface area contributed by atoms with Gasteiger partial charge in [-0.05, 0) is 41.0 Å². The highest BCUT2D eigenvalue weighted by Crippen LogP contribution is 2.26. The van der Waals surface area contributed by atoms with E-state index in [9.17, 15) is 0 Å². The fourth-order valence-electron chi connectivity index (χ4n) is 1.77. The van der Waals surface area contributed by atoms with Gasteiger partial charge in [-0.25, -0.2) is 0 Å². The van der Waals surface area contributed by atoms with Gasteiger partial charge in [0.05, 0.1) is 5.60 Å². The Morgan fingerprint density at radius 2 is 2.13 bits per heavy atom. The predicted molar refractivity (Wildman–Crippen MR) is 64.7 cm³/mol. The van der Waals surface area contributed by atoms with Crippen LogP contribution in [0.1, 0.15) is 41.0 Å². The van der Waals surface area contributed by atoms with Crippen molar-refractivity contribution in [3.63, 3.8) is 0 Å². The summed E-state index contributed by atoms with van der Waals surface area (Å²) in [4.78, 5) is 0. The molecule has 1 unspecified atom stereocenters. The smallest absolute Gasteiger partial charge is 0.405 e. The summed E-state index contributed by atoms with van der Waals surface area (Å²) >= 11 is 0. The Kier molecular flexibility index (Phi) is 4.17. The molecule has 3 heteroatoms. The molecule has 0 bridgehead atoms. The molecule has 0 aromatic heterocycles. The lowest BCUT2D eigenvalue weighted by molar-refractivity contribution is -0.0236. The molecule has 1 fully saturated rings. The molecule has 0 radical (unpaired) electrons. The molecular weight excluding hydrogens is 187 g/mol. The SMILES string of the molecule is C/C=C(C)/C=C/B1OC(C)CC(C)(C)O1. The second kappa shape index (κ2) is 5.00. The van der Waals surface area contributed by atoms with E-state index in [-0.39, 0.29) is 18.8 Å². The number of hydrogen-bond donors (Lipinski definition) is 0. The molecule has 1 atom stereocenters. The maximum atomic E-state index is 5.80. The summed E-state index contributed by atoms with van der Waals surface area (Å²) in [6.07, 6.45) is 5.31. The second-order valence-electron chi connectivity index (χ2n) is 4.79. The van der Waals surface area contributed by atoms with Crippen LogP contribution in [-0.2, 0) is 9.31 Å². The summed E-state index contributed by atoms with van der Waals surface area (Å²) in [6.45, 7) is 10.4. The van der Waals surface area contributed by atoms with E-state index in [1.807, 2.05) is 19.0 Å². The summed E-state index contributed by atoms with van der Waals surface area (Å²) in [5.41, 5.74) is 1.13. The molecule has 1 heterocycles. The van der Waals surface area contributed by atoms with Gasteiger partial charge in [0.15, 0.2) is 0 Å². The Morgan fingerprint density at radius 3 is 2.67 bits per heavy atom. The second-order valence-corrected chi connectivity index (χ2v) is 4.79. The lowest BCUT2D eigenvalue weighted by Crippen LogP contribution is -2.45. The van der Waals surface area contributed by atoms with Crippen molar-refractivity contribution >= 4 is 7.12 Å². The molecule has 0 saturated carbocycles. The van der Waals surface area contributed by atoms with Crippen LogP contribution in [0.3, 0.4) is 0 Å². The molecule has 0 aromatic rings. The Bertz CT molecular complexity index is 269. The summed E-state index contributed by atoms with van der Waals surface area (Å²) < 4.78 is 11.5. The Balaban J connectivity index is 2.59. The first-order chi connectivity index (χ1) is 6.93. The van der Waals surface area contributed by atoms with Gasteiger partial charge in [0.1, 0.15) is 0 Å². The number of allylic oxidation sites excluding steroid dienone is 3. The van der Waals surface area contributed by atoms with Gasteiger partial charge in [0.25, 0.3) is 0 Å². The molecule has 1 saturated heterocycles. The van der Waals surface area contributed by atoms with Crippen LogP contribution in [0.5, 0.6) is 0 Å². The maximum Gasteiger partial charge on any atom is 0.486 e. The summed E-state index contributed by atoms with van der Waals surface area (Å²) in [5.74, 6) is 1.98. The van der Waals surface area contributed by atoms with Crippen molar-refractivity contribution in [2.45, 2.75) is 52.7 Å². The minimum absolute atomic E-state index is 0.0868. The third-order valence-electron chi connectivity index (χ3n) is 2.55. The van der Waals surface area contributed by atoms with Crippen molar-refractivity contribution in [2.24, 2.45) is 0 Å². The van der Waals surface area contributed by atoms with Crippen molar-refractivity contribution < 1.29 is 9.31 Å². The molecule has 2 nitrogen and oxygen atoms in total. The molecule has 0 aromatic carbocycles. The topological polar surface area (TPSA) is 18.5 Å². The fourth-order valence-corrected chi connectivity index (χ4v) is 1.77. The number of hydrogen-bond acceptors (Lipinski definition) is 2. The summed E-state index contributed by atoms with van der Waals surface area (Å²) in [7, 11) is -0.210. The standard InChI is InChI=1S/C12H21BO2/c1-6-10(2)7-8-13-14-11(3)9-12(4,5)15-13/h6-8,11H,9H2,1-5H3/b8-7+,10-6+. The van der Waals surface area contributed by atoms with Gasteiger partial charge in [-0.1, -0.05) is 23.7 Å². The van der Waals surface area contributed by atoms with Gasteiger partial charge in [0.2, 0.25) is 0 Å². The normalized spacial score (nSPS) is 27.4. The van der Waals surface area contributed by atoms with E-state index in [4.69, 9.17) is 9.31 Å². The molecule has 0 N–H and O–H groups in total.